The van der Waals surface area contributed by atoms with E-state index in [0.717, 1.165) is 31.4 Å². The fraction of sp³-hybridized carbons (Fsp3) is 0.429. The monoisotopic (exact) mass is 327 g/mol. The summed E-state index contributed by atoms with van der Waals surface area (Å²) in [7, 11) is 5.68. The first-order valence-corrected chi connectivity index (χ1v) is 8.61. The van der Waals surface area contributed by atoms with Crippen LogP contribution in [0.15, 0.2) is 48.5 Å². The number of likely N-dealkylation sites (N-methyl/N-ethyl adjacent to an activating group) is 1. The van der Waals surface area contributed by atoms with Gasteiger partial charge in [-0.25, -0.2) is 0 Å². The number of nitrogens with zero attached hydrogens (tertiary/aromatic N) is 1. The van der Waals surface area contributed by atoms with E-state index in [9.17, 15) is 5.11 Å². The molecule has 0 saturated carbocycles. The fourth-order valence-electron chi connectivity index (χ4n) is 2.99. The van der Waals surface area contributed by atoms with Gasteiger partial charge in [-0.3, -0.25) is 0 Å². The molecule has 0 bridgehead atoms. The third-order valence-corrected chi connectivity index (χ3v) is 4.26. The molecule has 0 fully saturated rings. The van der Waals surface area contributed by atoms with Crippen LogP contribution in [0.4, 0.5) is 0 Å². The Bertz CT molecular complexity index is 625. The van der Waals surface area contributed by atoms with Gasteiger partial charge in [0.05, 0.1) is 13.2 Å². The van der Waals surface area contributed by atoms with E-state index in [1.807, 2.05) is 31.1 Å². The maximum absolute atomic E-state index is 10.1. The van der Waals surface area contributed by atoms with E-state index in [0.29, 0.717) is 6.54 Å². The molecule has 1 N–H and O–H groups in total. The van der Waals surface area contributed by atoms with Gasteiger partial charge in [0.15, 0.2) is 0 Å². The summed E-state index contributed by atoms with van der Waals surface area (Å²) in [5.41, 5.74) is 4.01. The molecule has 0 saturated heterocycles. The highest BCUT2D eigenvalue weighted by atomic mass is 16.5. The Morgan fingerprint density at radius 1 is 0.958 bits per heavy atom. The number of hydrogen-bond donors (Lipinski definition) is 1. The predicted molar refractivity (Wildman–Crippen MR) is 99.7 cm³/mol. The van der Waals surface area contributed by atoms with Crippen LogP contribution >= 0.6 is 0 Å². The van der Waals surface area contributed by atoms with E-state index in [1.165, 1.54) is 16.7 Å². The summed E-state index contributed by atoms with van der Waals surface area (Å²) in [4.78, 5) is 2.03. The van der Waals surface area contributed by atoms with Gasteiger partial charge < -0.3 is 14.7 Å². The zero-order valence-electron chi connectivity index (χ0n) is 15.0. The van der Waals surface area contributed by atoms with E-state index in [4.69, 9.17) is 4.74 Å². The SMILES string of the molecule is COc1cccc(CCc2ccccc2CCC(O)CN(C)C)c1. The van der Waals surface area contributed by atoms with E-state index >= 15 is 0 Å². The molecule has 3 nitrogen and oxygen atoms in total. The van der Waals surface area contributed by atoms with Crippen molar-refractivity contribution in [2.24, 2.45) is 0 Å². The molecule has 1 unspecified atom stereocenters. The maximum atomic E-state index is 10.1. The number of aliphatic hydroxyl groups is 1. The lowest BCUT2D eigenvalue weighted by atomic mass is 9.96. The number of ether oxygens (including phenoxy) is 1. The van der Waals surface area contributed by atoms with Crippen LogP contribution < -0.4 is 4.74 Å². The number of methoxy groups -OCH3 is 1. The molecule has 2 aromatic rings. The van der Waals surface area contributed by atoms with Crippen LogP contribution in [0.2, 0.25) is 0 Å². The Morgan fingerprint density at radius 3 is 2.33 bits per heavy atom. The highest BCUT2D eigenvalue weighted by molar-refractivity contribution is 5.31. The summed E-state index contributed by atoms with van der Waals surface area (Å²) < 4.78 is 5.30. The minimum atomic E-state index is -0.272. The number of aryl methyl sites for hydroxylation is 3. The van der Waals surface area contributed by atoms with Crippen molar-refractivity contribution in [2.75, 3.05) is 27.7 Å². The summed E-state index contributed by atoms with van der Waals surface area (Å²) in [6, 6.07) is 16.8. The van der Waals surface area contributed by atoms with Crippen LogP contribution in [0.1, 0.15) is 23.1 Å². The molecule has 2 rings (SSSR count). The third kappa shape index (κ3) is 5.99. The van der Waals surface area contributed by atoms with Crippen molar-refractivity contribution in [2.45, 2.75) is 31.8 Å². The highest BCUT2D eigenvalue weighted by Crippen LogP contribution is 2.18. The van der Waals surface area contributed by atoms with Crippen molar-refractivity contribution in [3.05, 3.63) is 65.2 Å². The Morgan fingerprint density at radius 2 is 1.67 bits per heavy atom. The molecule has 0 aliphatic rings. The van der Waals surface area contributed by atoms with Crippen LogP contribution in [0.3, 0.4) is 0 Å². The quantitative estimate of drug-likeness (QED) is 0.767. The van der Waals surface area contributed by atoms with Gasteiger partial charge in [0.2, 0.25) is 0 Å². The molecule has 0 aliphatic heterocycles. The standard InChI is InChI=1S/C21H29NO2/c1-22(2)16-20(23)14-13-19-9-5-4-8-18(19)12-11-17-7-6-10-21(15-17)24-3/h4-10,15,20,23H,11-14,16H2,1-3H3. The van der Waals surface area contributed by atoms with Crippen molar-refractivity contribution in [1.82, 2.24) is 4.90 Å². The van der Waals surface area contributed by atoms with E-state index in [-0.39, 0.29) is 6.10 Å². The van der Waals surface area contributed by atoms with E-state index in [1.54, 1.807) is 7.11 Å². The lowest BCUT2D eigenvalue weighted by Crippen LogP contribution is -2.26. The molecule has 0 heterocycles. The van der Waals surface area contributed by atoms with Gasteiger partial charge >= 0.3 is 0 Å². The molecule has 24 heavy (non-hydrogen) atoms. The second kappa shape index (κ2) is 9.45. The van der Waals surface area contributed by atoms with Gasteiger partial charge in [-0.1, -0.05) is 36.4 Å². The summed E-state index contributed by atoms with van der Waals surface area (Å²) in [6.45, 7) is 0.714. The molecule has 130 valence electrons. The molecule has 0 amide bonds. The lowest BCUT2D eigenvalue weighted by Gasteiger charge is -2.17. The number of aliphatic hydroxyl groups excluding tert-OH is 1. The maximum Gasteiger partial charge on any atom is 0.119 e. The average molecular weight is 327 g/mol. The van der Waals surface area contributed by atoms with Crippen LogP contribution in [-0.2, 0) is 19.3 Å². The zero-order valence-corrected chi connectivity index (χ0v) is 15.0. The van der Waals surface area contributed by atoms with Crippen molar-refractivity contribution >= 4 is 0 Å². The molecule has 3 heteroatoms. The van der Waals surface area contributed by atoms with E-state index < -0.39 is 0 Å². The van der Waals surface area contributed by atoms with Crippen molar-refractivity contribution in [3.63, 3.8) is 0 Å². The lowest BCUT2D eigenvalue weighted by molar-refractivity contribution is 0.128. The van der Waals surface area contributed by atoms with Crippen molar-refractivity contribution in [1.29, 1.82) is 0 Å². The molecule has 0 radical (unpaired) electrons. The number of hydrogen-bond acceptors (Lipinski definition) is 3. The summed E-state index contributed by atoms with van der Waals surface area (Å²) >= 11 is 0. The first-order valence-electron chi connectivity index (χ1n) is 8.61. The van der Waals surface area contributed by atoms with Crippen LogP contribution in [0.25, 0.3) is 0 Å². The second-order valence-electron chi connectivity index (χ2n) is 6.57. The summed E-state index contributed by atoms with van der Waals surface area (Å²) in [5.74, 6) is 0.910. The average Bonchev–Trinajstić information content (AvgIpc) is 2.58. The Labute approximate surface area is 145 Å². The van der Waals surface area contributed by atoms with Gasteiger partial charge in [-0.05, 0) is 68.6 Å². The Balaban J connectivity index is 1.95. The molecular weight excluding hydrogens is 298 g/mol. The fourth-order valence-corrected chi connectivity index (χ4v) is 2.99. The highest BCUT2D eigenvalue weighted by Gasteiger charge is 2.08. The summed E-state index contributed by atoms with van der Waals surface area (Å²) in [5, 5.41) is 10.1. The molecule has 0 spiro atoms. The number of benzene rings is 2. The molecule has 1 atom stereocenters. The molecule has 0 aliphatic carbocycles. The van der Waals surface area contributed by atoms with Gasteiger partial charge in [0.1, 0.15) is 5.75 Å². The number of rotatable bonds is 9. The minimum Gasteiger partial charge on any atom is -0.497 e. The molecule has 0 aromatic heterocycles. The van der Waals surface area contributed by atoms with Gasteiger partial charge in [-0.2, -0.15) is 0 Å². The molecule has 2 aromatic carbocycles. The molecular formula is C21H29NO2. The zero-order chi connectivity index (χ0) is 17.4. The van der Waals surface area contributed by atoms with Crippen LogP contribution in [0, 0.1) is 0 Å². The normalized spacial score (nSPS) is 12.4. The second-order valence-corrected chi connectivity index (χ2v) is 6.57. The minimum absolute atomic E-state index is 0.272. The van der Waals surface area contributed by atoms with Crippen LogP contribution in [-0.4, -0.2) is 43.9 Å². The van der Waals surface area contributed by atoms with Gasteiger partial charge in [-0.15, -0.1) is 0 Å². The van der Waals surface area contributed by atoms with Gasteiger partial charge in [0, 0.05) is 6.54 Å². The van der Waals surface area contributed by atoms with Gasteiger partial charge in [0.25, 0.3) is 0 Å². The van der Waals surface area contributed by atoms with Crippen molar-refractivity contribution < 1.29 is 9.84 Å². The van der Waals surface area contributed by atoms with Crippen LogP contribution in [0.5, 0.6) is 5.75 Å². The van der Waals surface area contributed by atoms with E-state index in [2.05, 4.69) is 36.4 Å². The topological polar surface area (TPSA) is 32.7 Å². The Hall–Kier alpha value is -1.84. The largest absolute Gasteiger partial charge is 0.497 e. The Kier molecular flexibility index (Phi) is 7.29. The predicted octanol–water partition coefficient (Wildman–Crippen LogP) is 3.34. The van der Waals surface area contributed by atoms with Crippen molar-refractivity contribution in [3.8, 4) is 5.75 Å². The summed E-state index contributed by atoms with van der Waals surface area (Å²) in [6.07, 6.45) is 3.45. The first kappa shape index (κ1) is 18.5. The smallest absolute Gasteiger partial charge is 0.119 e. The first-order chi connectivity index (χ1) is 11.6. The third-order valence-electron chi connectivity index (χ3n) is 4.26.